The van der Waals surface area contributed by atoms with E-state index in [1.54, 1.807) is 24.4 Å². The zero-order valence-electron chi connectivity index (χ0n) is 18.2. The number of hydrogen-bond acceptors (Lipinski definition) is 8. The number of piperidine rings is 1. The van der Waals surface area contributed by atoms with Gasteiger partial charge in [-0.2, -0.15) is 0 Å². The summed E-state index contributed by atoms with van der Waals surface area (Å²) in [5, 5.41) is 11.5. The molecule has 32 heavy (non-hydrogen) atoms. The molecular weight excluding hydrogens is 412 g/mol. The molecular formula is C24H26N2O6. The zero-order valence-corrected chi connectivity index (χ0v) is 18.2. The van der Waals surface area contributed by atoms with Crippen LogP contribution < -0.4 is 9.47 Å². The van der Waals surface area contributed by atoms with Gasteiger partial charge in [-0.3, -0.25) is 14.6 Å². The Bertz CT molecular complexity index is 1120. The molecule has 1 N–H and O–H groups in total. The molecule has 1 saturated heterocycles. The molecule has 0 spiro atoms. The van der Waals surface area contributed by atoms with E-state index in [1.807, 2.05) is 0 Å². The van der Waals surface area contributed by atoms with Gasteiger partial charge in [0.1, 0.15) is 11.3 Å². The number of aromatic nitrogens is 1. The van der Waals surface area contributed by atoms with Crippen LogP contribution in [0.3, 0.4) is 0 Å². The molecule has 2 aromatic heterocycles. The number of phenolic OH excluding ortho intramolecular Hbond substituents is 1. The second-order valence-electron chi connectivity index (χ2n) is 7.84. The van der Waals surface area contributed by atoms with Crippen molar-refractivity contribution in [1.82, 2.24) is 9.88 Å². The van der Waals surface area contributed by atoms with E-state index in [1.165, 1.54) is 26.7 Å². The highest BCUT2D eigenvalue weighted by atomic mass is 16.5. The number of likely N-dealkylation sites (tertiary alicyclic amines) is 1. The number of nitrogens with zero attached hydrogens (tertiary/aromatic N) is 2. The number of pyridine rings is 1. The maximum absolute atomic E-state index is 13.9. The van der Waals surface area contributed by atoms with E-state index in [0.29, 0.717) is 10.9 Å². The second kappa shape index (κ2) is 9.40. The lowest BCUT2D eigenvalue weighted by Crippen LogP contribution is -2.40. The second-order valence-corrected chi connectivity index (χ2v) is 7.84. The number of Topliss-reactive ketones (excluding diaryl/α,β-unsaturated/α-hetero) is 2. The minimum Gasteiger partial charge on any atom is -0.504 e. The predicted octanol–water partition coefficient (Wildman–Crippen LogP) is 3.72. The van der Waals surface area contributed by atoms with Crippen molar-refractivity contribution in [3.05, 3.63) is 48.0 Å². The maximum Gasteiger partial charge on any atom is 0.205 e. The van der Waals surface area contributed by atoms with Crippen LogP contribution in [-0.2, 0) is 0 Å². The molecule has 168 valence electrons. The number of carbonyl (C=O) groups excluding carboxylic acids is 2. The highest BCUT2D eigenvalue weighted by molar-refractivity contribution is 6.20. The SMILES string of the molecule is COc1c(C(=O)C(CN2CCCCC2)C(=O)c2cccnc2)c(O)c(OC)c2occc12. The summed E-state index contributed by atoms with van der Waals surface area (Å²) in [5.41, 5.74) is 0.528. The molecule has 0 radical (unpaired) electrons. The predicted molar refractivity (Wildman–Crippen MR) is 118 cm³/mol. The van der Waals surface area contributed by atoms with E-state index in [9.17, 15) is 14.7 Å². The van der Waals surface area contributed by atoms with E-state index in [2.05, 4.69) is 9.88 Å². The Labute approximate surface area is 185 Å². The van der Waals surface area contributed by atoms with Crippen molar-refractivity contribution in [3.8, 4) is 17.2 Å². The number of furan rings is 1. The van der Waals surface area contributed by atoms with Crippen molar-refractivity contribution in [3.63, 3.8) is 0 Å². The van der Waals surface area contributed by atoms with Crippen molar-refractivity contribution in [1.29, 1.82) is 0 Å². The van der Waals surface area contributed by atoms with E-state index in [4.69, 9.17) is 13.9 Å². The van der Waals surface area contributed by atoms with Crippen LogP contribution in [0.4, 0.5) is 0 Å². The zero-order chi connectivity index (χ0) is 22.7. The fraction of sp³-hybridized carbons (Fsp3) is 0.375. The maximum atomic E-state index is 13.9. The standard InChI is InChI=1S/C24H26N2O6/c1-30-22-16-8-12-32-23(16)24(31-2)21(29)18(22)20(28)17(14-26-10-4-3-5-11-26)19(27)15-7-6-9-25-13-15/h6-9,12-13,17,29H,3-5,10-11,14H2,1-2H3. The quantitative estimate of drug-likeness (QED) is 0.419. The summed E-state index contributed by atoms with van der Waals surface area (Å²) >= 11 is 0. The number of ketones is 2. The van der Waals surface area contributed by atoms with Gasteiger partial charge in [0.05, 0.1) is 31.8 Å². The van der Waals surface area contributed by atoms with E-state index < -0.39 is 17.5 Å². The van der Waals surface area contributed by atoms with Crippen LogP contribution >= 0.6 is 0 Å². The van der Waals surface area contributed by atoms with Crippen molar-refractivity contribution in [2.24, 2.45) is 5.92 Å². The van der Waals surface area contributed by atoms with Gasteiger partial charge in [0.25, 0.3) is 0 Å². The monoisotopic (exact) mass is 438 g/mol. The molecule has 1 unspecified atom stereocenters. The van der Waals surface area contributed by atoms with Crippen LogP contribution in [0.15, 0.2) is 41.3 Å². The highest BCUT2D eigenvalue weighted by Crippen LogP contribution is 2.46. The van der Waals surface area contributed by atoms with Gasteiger partial charge in [0.2, 0.25) is 5.75 Å². The summed E-state index contributed by atoms with van der Waals surface area (Å²) in [6.07, 6.45) is 7.63. The third-order valence-electron chi connectivity index (χ3n) is 5.92. The Hall–Kier alpha value is -3.39. The van der Waals surface area contributed by atoms with Crippen molar-refractivity contribution in [2.45, 2.75) is 19.3 Å². The van der Waals surface area contributed by atoms with E-state index in [-0.39, 0.29) is 35.0 Å². The number of phenols is 1. The van der Waals surface area contributed by atoms with E-state index in [0.717, 1.165) is 32.4 Å². The van der Waals surface area contributed by atoms with Crippen LogP contribution in [0.1, 0.15) is 40.0 Å². The minimum absolute atomic E-state index is 0.0275. The third kappa shape index (κ3) is 3.93. The fourth-order valence-electron chi connectivity index (χ4n) is 4.33. The number of methoxy groups -OCH3 is 2. The van der Waals surface area contributed by atoms with Crippen LogP contribution in [-0.4, -0.2) is 60.4 Å². The van der Waals surface area contributed by atoms with Crippen LogP contribution in [0.2, 0.25) is 0 Å². The normalized spacial score (nSPS) is 15.4. The van der Waals surface area contributed by atoms with Gasteiger partial charge < -0.3 is 23.9 Å². The molecule has 1 aromatic carbocycles. The van der Waals surface area contributed by atoms with Crippen LogP contribution in [0.5, 0.6) is 17.2 Å². The molecule has 3 heterocycles. The van der Waals surface area contributed by atoms with Gasteiger partial charge in [0, 0.05) is 24.5 Å². The number of hydrogen-bond donors (Lipinski definition) is 1. The van der Waals surface area contributed by atoms with Gasteiger partial charge in [-0.1, -0.05) is 6.42 Å². The Morgan fingerprint density at radius 3 is 2.53 bits per heavy atom. The molecule has 1 aliphatic rings. The highest BCUT2D eigenvalue weighted by Gasteiger charge is 2.36. The molecule has 0 amide bonds. The van der Waals surface area contributed by atoms with Crippen molar-refractivity contribution in [2.75, 3.05) is 33.9 Å². The summed E-state index contributed by atoms with van der Waals surface area (Å²) in [6.45, 7) is 1.88. The molecule has 1 fully saturated rings. The first kappa shape index (κ1) is 21.8. The first-order valence-electron chi connectivity index (χ1n) is 10.6. The third-order valence-corrected chi connectivity index (χ3v) is 5.92. The van der Waals surface area contributed by atoms with Crippen molar-refractivity contribution >= 4 is 22.5 Å². The molecule has 0 aliphatic carbocycles. The number of rotatable bonds is 8. The minimum atomic E-state index is -1.04. The molecule has 8 heteroatoms. The molecule has 3 aromatic rings. The molecule has 4 rings (SSSR count). The lowest BCUT2D eigenvalue weighted by atomic mass is 9.88. The topological polar surface area (TPSA) is 102 Å². The van der Waals surface area contributed by atoms with Gasteiger partial charge in [-0.25, -0.2) is 0 Å². The number of fused-ring (bicyclic) bond motifs is 1. The van der Waals surface area contributed by atoms with Gasteiger partial charge in [0.15, 0.2) is 22.9 Å². The Kier molecular flexibility index (Phi) is 6.41. The van der Waals surface area contributed by atoms with Gasteiger partial charge >= 0.3 is 0 Å². The molecule has 1 atom stereocenters. The number of carbonyl (C=O) groups is 2. The molecule has 1 aliphatic heterocycles. The first-order valence-corrected chi connectivity index (χ1v) is 10.6. The summed E-state index contributed by atoms with van der Waals surface area (Å²) in [6, 6.07) is 4.94. The first-order chi connectivity index (χ1) is 15.6. The lowest BCUT2D eigenvalue weighted by Gasteiger charge is -2.29. The average molecular weight is 438 g/mol. The van der Waals surface area contributed by atoms with Crippen molar-refractivity contribution < 1.29 is 28.6 Å². The summed E-state index contributed by atoms with van der Waals surface area (Å²) in [4.78, 5) is 33.5. The summed E-state index contributed by atoms with van der Waals surface area (Å²) in [5.74, 6) is -2.13. The van der Waals surface area contributed by atoms with E-state index >= 15 is 0 Å². The summed E-state index contributed by atoms with van der Waals surface area (Å²) < 4.78 is 16.3. The smallest absolute Gasteiger partial charge is 0.205 e. The molecule has 8 nitrogen and oxygen atoms in total. The Balaban J connectivity index is 1.82. The van der Waals surface area contributed by atoms with Gasteiger partial charge in [-0.05, 0) is 44.1 Å². The number of ether oxygens (including phenoxy) is 2. The van der Waals surface area contributed by atoms with Gasteiger partial charge in [-0.15, -0.1) is 0 Å². The Morgan fingerprint density at radius 2 is 1.88 bits per heavy atom. The molecule has 0 saturated carbocycles. The van der Waals surface area contributed by atoms with Crippen LogP contribution in [0.25, 0.3) is 11.0 Å². The summed E-state index contributed by atoms with van der Waals surface area (Å²) in [7, 11) is 2.79. The fourth-order valence-corrected chi connectivity index (χ4v) is 4.33. The largest absolute Gasteiger partial charge is 0.504 e. The number of aromatic hydroxyl groups is 1. The lowest BCUT2D eigenvalue weighted by molar-refractivity contribution is 0.0747. The average Bonchev–Trinajstić information content (AvgIpc) is 3.31. The Morgan fingerprint density at radius 1 is 1.12 bits per heavy atom. The van der Waals surface area contributed by atoms with Crippen LogP contribution in [0, 0.1) is 5.92 Å². The number of benzene rings is 1. The molecule has 0 bridgehead atoms.